The molecule has 0 unspecified atom stereocenters. The van der Waals surface area contributed by atoms with Crippen LogP contribution in [0, 0.1) is 0 Å². The zero-order valence-corrected chi connectivity index (χ0v) is 17.1. The zero-order valence-electron chi connectivity index (χ0n) is 16.3. The van der Waals surface area contributed by atoms with Crippen LogP contribution in [-0.4, -0.2) is 55.1 Å². The lowest BCUT2D eigenvalue weighted by molar-refractivity contribution is -0.136. The lowest BCUT2D eigenvalue weighted by Crippen LogP contribution is -2.54. The number of fused-ring (bicyclic) bond motifs is 1. The first-order valence-corrected chi connectivity index (χ1v) is 10.8. The molecule has 0 aliphatic carbocycles. The molecule has 1 aromatic carbocycles. The van der Waals surface area contributed by atoms with Crippen LogP contribution in [0.1, 0.15) is 45.2 Å². The maximum absolute atomic E-state index is 12.3. The average molecular weight is 425 g/mol. The standard InChI is InChI=1S/C18H26F3NO5S/c1-5-22(28(4,24)25)15-13-11-12(26-10-6-9-18(19,20)21)7-8-14(13)27-17(2,3)16(15)23/h7-8,11,15-16,23H,5-6,9-10H2,1-4H3/t15-,16+/m0/s1. The van der Waals surface area contributed by atoms with E-state index < -0.39 is 40.4 Å². The van der Waals surface area contributed by atoms with Crippen LogP contribution < -0.4 is 9.47 Å². The molecule has 0 spiro atoms. The lowest BCUT2D eigenvalue weighted by Gasteiger charge is -2.45. The quantitative estimate of drug-likeness (QED) is 0.679. The van der Waals surface area contributed by atoms with E-state index in [-0.39, 0.29) is 25.3 Å². The third-order valence-corrected chi connectivity index (χ3v) is 5.94. The Bertz CT molecular complexity index is 795. The minimum atomic E-state index is -4.25. The maximum Gasteiger partial charge on any atom is 0.389 e. The minimum absolute atomic E-state index is 0.132. The highest BCUT2D eigenvalue weighted by Gasteiger charge is 2.47. The molecule has 0 bridgehead atoms. The Morgan fingerprint density at radius 3 is 2.50 bits per heavy atom. The van der Waals surface area contributed by atoms with Crippen LogP contribution in [0.25, 0.3) is 0 Å². The SMILES string of the molecule is CCN([C@H]1c2cc(OCCCC(F)(F)F)ccc2OC(C)(C)[C@@H]1O)S(C)(=O)=O. The van der Waals surface area contributed by atoms with Gasteiger partial charge in [0.05, 0.1) is 18.9 Å². The van der Waals surface area contributed by atoms with Gasteiger partial charge in [-0.3, -0.25) is 0 Å². The van der Waals surface area contributed by atoms with Gasteiger partial charge in [-0.25, -0.2) is 8.42 Å². The van der Waals surface area contributed by atoms with E-state index in [9.17, 15) is 26.7 Å². The van der Waals surface area contributed by atoms with E-state index in [1.807, 2.05) is 0 Å². The number of aliphatic hydroxyl groups is 1. The van der Waals surface area contributed by atoms with E-state index in [1.54, 1.807) is 32.9 Å². The number of ether oxygens (including phenoxy) is 2. The molecule has 2 atom stereocenters. The molecule has 0 amide bonds. The molecule has 0 saturated carbocycles. The summed E-state index contributed by atoms with van der Waals surface area (Å²) in [7, 11) is -3.64. The molecule has 1 heterocycles. The second-order valence-electron chi connectivity index (χ2n) is 7.33. The Balaban J connectivity index is 2.33. The highest BCUT2D eigenvalue weighted by Crippen LogP contribution is 2.44. The van der Waals surface area contributed by atoms with Gasteiger partial charge < -0.3 is 14.6 Å². The van der Waals surface area contributed by atoms with Crippen LogP contribution >= 0.6 is 0 Å². The molecule has 0 radical (unpaired) electrons. The number of alkyl halides is 3. The molecule has 1 aromatic rings. The predicted octanol–water partition coefficient (Wildman–Crippen LogP) is 3.26. The van der Waals surface area contributed by atoms with Crippen molar-refractivity contribution in [3.8, 4) is 11.5 Å². The second kappa shape index (κ2) is 8.08. The third-order valence-electron chi connectivity index (χ3n) is 4.61. The highest BCUT2D eigenvalue weighted by atomic mass is 32.2. The fourth-order valence-electron chi connectivity index (χ4n) is 3.25. The summed E-state index contributed by atoms with van der Waals surface area (Å²) in [5, 5.41) is 10.8. The largest absolute Gasteiger partial charge is 0.494 e. The molecule has 0 fully saturated rings. The van der Waals surface area contributed by atoms with Crippen LogP contribution in [0.4, 0.5) is 13.2 Å². The van der Waals surface area contributed by atoms with Crippen molar-refractivity contribution in [1.29, 1.82) is 0 Å². The smallest absolute Gasteiger partial charge is 0.389 e. The Labute approximate surface area is 163 Å². The zero-order chi connectivity index (χ0) is 21.3. The van der Waals surface area contributed by atoms with Gasteiger partial charge in [0.25, 0.3) is 0 Å². The monoisotopic (exact) mass is 425 g/mol. The number of hydrogen-bond acceptors (Lipinski definition) is 5. The number of benzene rings is 1. The van der Waals surface area contributed by atoms with Crippen molar-refractivity contribution in [3.05, 3.63) is 23.8 Å². The van der Waals surface area contributed by atoms with Gasteiger partial charge in [0, 0.05) is 18.5 Å². The third kappa shape index (κ3) is 5.30. The number of likely N-dealkylation sites (N-methyl/N-ethyl adjacent to an activating group) is 1. The highest BCUT2D eigenvalue weighted by molar-refractivity contribution is 7.88. The Kier molecular flexibility index (Phi) is 6.57. The van der Waals surface area contributed by atoms with Gasteiger partial charge in [-0.2, -0.15) is 17.5 Å². The minimum Gasteiger partial charge on any atom is -0.494 e. The molecule has 0 saturated heterocycles. The topological polar surface area (TPSA) is 76.1 Å². The number of sulfonamides is 1. The molecule has 1 N–H and O–H groups in total. The molecule has 10 heteroatoms. The molecule has 160 valence electrons. The number of hydrogen-bond donors (Lipinski definition) is 1. The Morgan fingerprint density at radius 2 is 1.96 bits per heavy atom. The van der Waals surface area contributed by atoms with Gasteiger partial charge in [-0.15, -0.1) is 0 Å². The van der Waals surface area contributed by atoms with E-state index in [0.29, 0.717) is 11.3 Å². The Hall–Kier alpha value is -1.52. The van der Waals surface area contributed by atoms with Crippen LogP contribution in [-0.2, 0) is 10.0 Å². The van der Waals surface area contributed by atoms with Crippen LogP contribution in [0.15, 0.2) is 18.2 Å². The summed E-state index contributed by atoms with van der Waals surface area (Å²) in [6.07, 6.45) is -5.49. The van der Waals surface area contributed by atoms with Crippen molar-refractivity contribution in [2.45, 2.75) is 57.5 Å². The predicted molar refractivity (Wildman–Crippen MR) is 97.9 cm³/mol. The normalized spacial score (nSPS) is 21.9. The van der Waals surface area contributed by atoms with E-state index in [4.69, 9.17) is 9.47 Å². The summed E-state index contributed by atoms with van der Waals surface area (Å²) in [6.45, 7) is 4.97. The molecular formula is C18H26F3NO5S. The van der Waals surface area contributed by atoms with Crippen molar-refractivity contribution in [3.63, 3.8) is 0 Å². The number of halogens is 3. The molecule has 1 aliphatic heterocycles. The molecule has 1 aliphatic rings. The van der Waals surface area contributed by atoms with Crippen molar-refractivity contribution in [1.82, 2.24) is 4.31 Å². The number of aliphatic hydroxyl groups excluding tert-OH is 1. The van der Waals surface area contributed by atoms with Crippen molar-refractivity contribution in [2.24, 2.45) is 0 Å². The van der Waals surface area contributed by atoms with Gasteiger partial charge in [-0.1, -0.05) is 6.92 Å². The van der Waals surface area contributed by atoms with Crippen LogP contribution in [0.2, 0.25) is 0 Å². The van der Waals surface area contributed by atoms with Gasteiger partial charge >= 0.3 is 6.18 Å². The van der Waals surface area contributed by atoms with Gasteiger partial charge in [0.15, 0.2) is 0 Å². The first-order valence-electron chi connectivity index (χ1n) is 8.93. The second-order valence-corrected chi connectivity index (χ2v) is 9.26. The summed E-state index contributed by atoms with van der Waals surface area (Å²) in [4.78, 5) is 0. The fraction of sp³-hybridized carbons (Fsp3) is 0.667. The molecule has 6 nitrogen and oxygen atoms in total. The molecule has 2 rings (SSSR count). The van der Waals surface area contributed by atoms with Crippen molar-refractivity contribution < 1.29 is 36.2 Å². The van der Waals surface area contributed by atoms with E-state index in [1.165, 1.54) is 10.4 Å². The van der Waals surface area contributed by atoms with E-state index in [2.05, 4.69) is 0 Å². The average Bonchev–Trinajstić information content (AvgIpc) is 2.54. The maximum atomic E-state index is 12.3. The summed E-state index contributed by atoms with van der Waals surface area (Å²) >= 11 is 0. The van der Waals surface area contributed by atoms with Crippen LogP contribution in [0.5, 0.6) is 11.5 Å². The van der Waals surface area contributed by atoms with Gasteiger partial charge in [-0.05, 0) is 38.5 Å². The summed E-state index contributed by atoms with van der Waals surface area (Å²) in [5.74, 6) is 0.677. The lowest BCUT2D eigenvalue weighted by atomic mass is 9.86. The molecular weight excluding hydrogens is 399 g/mol. The fourth-order valence-corrected chi connectivity index (χ4v) is 4.36. The summed E-state index contributed by atoms with van der Waals surface area (Å²) < 4.78 is 73.7. The molecule has 0 aromatic heterocycles. The molecule has 28 heavy (non-hydrogen) atoms. The Morgan fingerprint density at radius 1 is 1.32 bits per heavy atom. The summed E-state index contributed by atoms with van der Waals surface area (Å²) in [6, 6.07) is 3.73. The van der Waals surface area contributed by atoms with Crippen LogP contribution in [0.3, 0.4) is 0 Å². The van der Waals surface area contributed by atoms with Gasteiger partial charge in [0.1, 0.15) is 23.2 Å². The van der Waals surface area contributed by atoms with Gasteiger partial charge in [0.2, 0.25) is 10.0 Å². The van der Waals surface area contributed by atoms with E-state index in [0.717, 1.165) is 6.26 Å². The first-order chi connectivity index (χ1) is 12.8. The van der Waals surface area contributed by atoms with E-state index >= 15 is 0 Å². The number of nitrogens with zero attached hydrogens (tertiary/aromatic N) is 1. The summed E-state index contributed by atoms with van der Waals surface area (Å²) in [5.41, 5.74) is -0.627. The van der Waals surface area contributed by atoms with Crippen molar-refractivity contribution in [2.75, 3.05) is 19.4 Å². The first kappa shape index (κ1) is 22.8. The number of rotatable bonds is 7. The van der Waals surface area contributed by atoms with Crippen molar-refractivity contribution >= 4 is 10.0 Å².